The zero-order chi connectivity index (χ0) is 31.6. The molecule has 2 aromatic carbocycles. The number of likely N-dealkylation sites (tertiary alicyclic amines) is 2. The van der Waals surface area contributed by atoms with E-state index in [0.717, 1.165) is 37.4 Å². The summed E-state index contributed by atoms with van der Waals surface area (Å²) in [5, 5.41) is 12.7. The predicted octanol–water partition coefficient (Wildman–Crippen LogP) is 2.20. The maximum absolute atomic E-state index is 14.8. The highest BCUT2D eigenvalue weighted by Gasteiger charge is 2.61. The quantitative estimate of drug-likeness (QED) is 0.414. The number of hydrogen-bond donors (Lipinski definition) is 1. The number of nitrogens with one attached hydrogen (secondary N) is 1. The third kappa shape index (κ3) is 4.45. The molecule has 1 N–H and O–H groups in total. The minimum absolute atomic E-state index is 0.0143. The van der Waals surface area contributed by atoms with Gasteiger partial charge in [-0.25, -0.2) is 22.6 Å². The van der Waals surface area contributed by atoms with Gasteiger partial charge in [-0.1, -0.05) is 0 Å². The molecule has 232 valence electrons. The van der Waals surface area contributed by atoms with Gasteiger partial charge in [0.05, 0.1) is 53.6 Å². The maximum Gasteiger partial charge on any atom is 0.318 e. The molecule has 0 unspecified atom stereocenters. The van der Waals surface area contributed by atoms with E-state index < -0.39 is 33.3 Å². The van der Waals surface area contributed by atoms with Gasteiger partial charge in [0.15, 0.2) is 5.54 Å². The molecule has 3 saturated heterocycles. The summed E-state index contributed by atoms with van der Waals surface area (Å²) in [5.41, 5.74) is -1.94. The van der Waals surface area contributed by atoms with Crippen LogP contribution in [0, 0.1) is 22.6 Å². The van der Waals surface area contributed by atoms with E-state index in [1.165, 1.54) is 30.5 Å². The van der Waals surface area contributed by atoms with Crippen molar-refractivity contribution in [2.24, 2.45) is 5.41 Å². The van der Waals surface area contributed by atoms with Crippen LogP contribution in [-0.2, 0) is 25.1 Å². The van der Waals surface area contributed by atoms with Crippen molar-refractivity contribution in [1.29, 1.82) is 5.26 Å². The zero-order valence-electron chi connectivity index (χ0n) is 24.3. The van der Waals surface area contributed by atoms with Crippen LogP contribution >= 0.6 is 0 Å². The lowest BCUT2D eigenvalue weighted by Crippen LogP contribution is -2.77. The van der Waals surface area contributed by atoms with Gasteiger partial charge in [-0.2, -0.15) is 9.57 Å². The minimum atomic E-state index is -4.62. The van der Waals surface area contributed by atoms with Crippen LogP contribution in [0.5, 0.6) is 5.88 Å². The van der Waals surface area contributed by atoms with Gasteiger partial charge in [-0.05, 0) is 61.5 Å². The Morgan fingerprint density at radius 1 is 1.13 bits per heavy atom. The van der Waals surface area contributed by atoms with E-state index in [4.69, 9.17) is 9.47 Å². The standard InChI is InChI=1S/C31H29FN6O6S/c1-2-44-27-24(4-3-11-34-27)31(35-29(40)37-18-30(19-37)16-36(17-30)22-14-43-15-22)25-12-20(13-33)5-10-26(25)38(28(31)39)45(41,42)23-8-6-21(32)7-9-23/h3-12,22H,2,14-19H2,1H3,(H,35,40)/t31-/m1/s1. The largest absolute Gasteiger partial charge is 0.478 e. The fourth-order valence-corrected chi connectivity index (χ4v) is 8.11. The summed E-state index contributed by atoms with van der Waals surface area (Å²) in [5.74, 6) is -1.66. The van der Waals surface area contributed by atoms with E-state index in [9.17, 15) is 27.7 Å². The first-order chi connectivity index (χ1) is 21.6. The van der Waals surface area contributed by atoms with Gasteiger partial charge in [-0.15, -0.1) is 0 Å². The smallest absolute Gasteiger partial charge is 0.318 e. The molecular formula is C31H29FN6O6S. The van der Waals surface area contributed by atoms with Crippen LogP contribution in [0.4, 0.5) is 14.9 Å². The molecule has 3 amide bonds. The number of urea groups is 1. The van der Waals surface area contributed by atoms with Gasteiger partial charge in [0.2, 0.25) is 5.88 Å². The Bertz CT molecular complexity index is 1850. The molecule has 0 radical (unpaired) electrons. The number of amides is 3. The normalized spacial score (nSPS) is 22.2. The minimum Gasteiger partial charge on any atom is -0.478 e. The Morgan fingerprint density at radius 2 is 1.87 bits per heavy atom. The molecule has 5 heterocycles. The number of carbonyl (C=O) groups is 2. The lowest BCUT2D eigenvalue weighted by atomic mass is 9.72. The highest BCUT2D eigenvalue weighted by Crippen LogP contribution is 2.50. The van der Waals surface area contributed by atoms with E-state index in [1.807, 2.05) is 6.07 Å². The van der Waals surface area contributed by atoms with Crippen molar-refractivity contribution in [3.63, 3.8) is 0 Å². The molecule has 3 fully saturated rings. The van der Waals surface area contributed by atoms with Crippen molar-refractivity contribution in [2.45, 2.75) is 23.4 Å². The van der Waals surface area contributed by atoms with Crippen LogP contribution in [0.15, 0.2) is 65.7 Å². The van der Waals surface area contributed by atoms with Crippen LogP contribution in [-0.4, -0.2) is 87.2 Å². The Labute approximate surface area is 259 Å². The van der Waals surface area contributed by atoms with E-state index in [-0.39, 0.29) is 45.2 Å². The van der Waals surface area contributed by atoms with Crippen LogP contribution in [0.1, 0.15) is 23.6 Å². The second kappa shape index (κ2) is 10.5. The number of ether oxygens (including phenoxy) is 2. The second-order valence-corrected chi connectivity index (χ2v) is 13.6. The molecule has 3 aromatic rings. The van der Waals surface area contributed by atoms with Gasteiger partial charge in [0.1, 0.15) is 5.82 Å². The van der Waals surface area contributed by atoms with Gasteiger partial charge in [0.25, 0.3) is 15.9 Å². The number of pyridine rings is 1. The van der Waals surface area contributed by atoms with Crippen molar-refractivity contribution >= 4 is 27.6 Å². The number of hydrogen-bond acceptors (Lipinski definition) is 9. The Balaban J connectivity index is 1.32. The third-order valence-corrected chi connectivity index (χ3v) is 10.6. The number of nitriles is 1. The fraction of sp³-hybridized carbons (Fsp3) is 0.355. The zero-order valence-corrected chi connectivity index (χ0v) is 25.1. The topological polar surface area (TPSA) is 145 Å². The van der Waals surface area contributed by atoms with Crippen molar-refractivity contribution in [2.75, 3.05) is 50.3 Å². The van der Waals surface area contributed by atoms with Crippen molar-refractivity contribution in [3.05, 3.63) is 83.3 Å². The summed E-state index contributed by atoms with van der Waals surface area (Å²) in [7, 11) is -4.62. The highest BCUT2D eigenvalue weighted by atomic mass is 32.2. The van der Waals surface area contributed by atoms with Crippen molar-refractivity contribution in [1.82, 2.24) is 20.1 Å². The molecule has 7 rings (SSSR count). The van der Waals surface area contributed by atoms with Crippen LogP contribution < -0.4 is 14.4 Å². The molecule has 1 aromatic heterocycles. The van der Waals surface area contributed by atoms with E-state index in [0.29, 0.717) is 36.7 Å². The molecule has 0 bridgehead atoms. The summed E-state index contributed by atoms with van der Waals surface area (Å²) in [4.78, 5) is 36.7. The molecule has 1 atom stereocenters. The van der Waals surface area contributed by atoms with E-state index >= 15 is 0 Å². The summed E-state index contributed by atoms with van der Waals surface area (Å²) < 4.78 is 53.6. The summed E-state index contributed by atoms with van der Waals surface area (Å²) in [6.45, 7) is 5.90. The molecule has 0 saturated carbocycles. The lowest BCUT2D eigenvalue weighted by Gasteiger charge is -2.62. The second-order valence-electron chi connectivity index (χ2n) is 11.8. The van der Waals surface area contributed by atoms with Crippen LogP contribution in [0.25, 0.3) is 0 Å². The number of rotatable bonds is 7. The summed E-state index contributed by atoms with van der Waals surface area (Å²) in [6.07, 6.45) is 1.46. The number of anilines is 1. The van der Waals surface area contributed by atoms with Crippen molar-refractivity contribution in [3.8, 4) is 11.9 Å². The van der Waals surface area contributed by atoms with Gasteiger partial charge < -0.3 is 19.7 Å². The molecule has 45 heavy (non-hydrogen) atoms. The number of carbonyl (C=O) groups excluding carboxylic acids is 2. The number of nitrogens with zero attached hydrogens (tertiary/aromatic N) is 5. The SMILES string of the molecule is CCOc1ncccc1[C@]1(NC(=O)N2CC3(C2)CN(C2COC2)C3)C(=O)N(S(=O)(=O)c2ccc(F)cc2)c2ccc(C#N)cc21. The average Bonchev–Trinajstić information content (AvgIpc) is 3.20. The maximum atomic E-state index is 14.8. The monoisotopic (exact) mass is 632 g/mol. The van der Waals surface area contributed by atoms with Crippen LogP contribution in [0.3, 0.4) is 0 Å². The fourth-order valence-electron chi connectivity index (χ4n) is 6.64. The Hall–Kier alpha value is -4.58. The average molecular weight is 633 g/mol. The number of sulfonamides is 1. The predicted molar refractivity (Wildman–Crippen MR) is 157 cm³/mol. The Kier molecular flexibility index (Phi) is 6.81. The number of halogens is 1. The van der Waals surface area contributed by atoms with Crippen LogP contribution in [0.2, 0.25) is 0 Å². The molecule has 4 aliphatic heterocycles. The molecule has 1 spiro atoms. The number of fused-ring (bicyclic) bond motifs is 1. The van der Waals surface area contributed by atoms with Gasteiger partial charge >= 0.3 is 6.03 Å². The first-order valence-corrected chi connectivity index (χ1v) is 15.9. The molecular weight excluding hydrogens is 603 g/mol. The Morgan fingerprint density at radius 3 is 2.51 bits per heavy atom. The number of benzene rings is 2. The molecule has 14 heteroatoms. The van der Waals surface area contributed by atoms with Gasteiger partial charge in [0, 0.05) is 43.4 Å². The first kappa shape index (κ1) is 29.1. The summed E-state index contributed by atoms with van der Waals surface area (Å²) >= 11 is 0. The highest BCUT2D eigenvalue weighted by molar-refractivity contribution is 7.93. The lowest BCUT2D eigenvalue weighted by molar-refractivity contribution is -0.165. The molecule has 12 nitrogen and oxygen atoms in total. The first-order valence-electron chi connectivity index (χ1n) is 14.5. The number of aromatic nitrogens is 1. The van der Waals surface area contributed by atoms with E-state index in [1.54, 1.807) is 17.9 Å². The van der Waals surface area contributed by atoms with Crippen molar-refractivity contribution < 1.29 is 31.9 Å². The molecule has 4 aliphatic rings. The summed E-state index contributed by atoms with van der Waals surface area (Å²) in [6, 6.07) is 13.2. The molecule has 0 aliphatic carbocycles. The van der Waals surface area contributed by atoms with Gasteiger partial charge in [-0.3, -0.25) is 9.69 Å². The van der Waals surface area contributed by atoms with E-state index in [2.05, 4.69) is 15.2 Å². The third-order valence-electron chi connectivity index (χ3n) is 8.91.